The Morgan fingerprint density at radius 3 is 3.00 bits per heavy atom. The van der Waals surface area contributed by atoms with Gasteiger partial charge in [-0.15, -0.1) is 11.3 Å². The number of fused-ring (bicyclic) bond motifs is 2. The first-order valence-corrected chi connectivity index (χ1v) is 9.46. The Morgan fingerprint density at radius 2 is 2.21 bits per heavy atom. The largest absolute Gasteiger partial charge is 0.438 e. The molecule has 1 N–H and O–H groups in total. The number of hydrogen-bond donors (Lipinski definition) is 1. The zero-order valence-corrected chi connectivity index (χ0v) is 15.4. The van der Waals surface area contributed by atoms with Gasteiger partial charge in [-0.25, -0.2) is 28.1 Å². The van der Waals surface area contributed by atoms with E-state index in [1.165, 1.54) is 28.6 Å². The minimum absolute atomic E-state index is 0.190. The number of aromatic nitrogens is 4. The maximum atomic E-state index is 14.2. The van der Waals surface area contributed by atoms with Crippen LogP contribution in [0.25, 0.3) is 10.2 Å². The molecule has 0 unspecified atom stereocenters. The molecule has 0 radical (unpaired) electrons. The second kappa shape index (κ2) is 6.69. The number of nitrogens with one attached hydrogen (secondary N) is 1. The maximum absolute atomic E-state index is 14.2. The van der Waals surface area contributed by atoms with Crippen LogP contribution in [0.5, 0.6) is 0 Å². The molecular weight excluding hydrogens is 407 g/mol. The number of thiazole rings is 1. The molecule has 1 atom stereocenters. The zero-order valence-electron chi connectivity index (χ0n) is 14.6. The fourth-order valence-corrected chi connectivity index (χ4v) is 4.59. The molecule has 1 amide bonds. The molecule has 7 nitrogen and oxygen atoms in total. The molecule has 0 aliphatic carbocycles. The third kappa shape index (κ3) is 2.80. The lowest BCUT2D eigenvalue weighted by Gasteiger charge is -2.33. The molecule has 4 heterocycles. The van der Waals surface area contributed by atoms with Crippen LogP contribution in [0.15, 0.2) is 35.3 Å². The van der Waals surface area contributed by atoms with Gasteiger partial charge in [-0.2, -0.15) is 0 Å². The molecule has 4 aromatic rings. The molecule has 29 heavy (non-hydrogen) atoms. The summed E-state index contributed by atoms with van der Waals surface area (Å²) in [6, 6.07) is 3.85. The number of oxazole rings is 1. The lowest BCUT2D eigenvalue weighted by atomic mass is 10.0. The van der Waals surface area contributed by atoms with Gasteiger partial charge in [-0.05, 0) is 12.1 Å². The number of carbonyl (C=O) groups excluding carboxylic acids is 1. The smallest absolute Gasteiger partial charge is 0.292 e. The molecule has 1 aromatic carbocycles. The minimum atomic E-state index is -2.95. The monoisotopic (exact) mass is 419 g/mol. The number of amides is 1. The standard InChI is InChI=1S/C18H12F3N5O2S/c19-8-2-1-3-10-11(8)25-17(29-10)14-12-9(22-6-23-12)4-5-26(14)18(27)15-13(16(20)21)24-7-28-15/h1-3,6-7,14,16H,4-5H2,(H,22,23)/t14-/m0/s1. The lowest BCUT2D eigenvalue weighted by molar-refractivity contribution is 0.0642. The first-order valence-electron chi connectivity index (χ1n) is 8.64. The predicted octanol–water partition coefficient (Wildman–Crippen LogP) is 3.87. The number of nitrogens with zero attached hydrogens (tertiary/aromatic N) is 4. The van der Waals surface area contributed by atoms with Gasteiger partial charge in [0.25, 0.3) is 12.3 Å². The van der Waals surface area contributed by atoms with Gasteiger partial charge >= 0.3 is 0 Å². The topological polar surface area (TPSA) is 87.9 Å². The summed E-state index contributed by atoms with van der Waals surface area (Å²) in [6.45, 7) is 0.223. The summed E-state index contributed by atoms with van der Waals surface area (Å²) in [5, 5.41) is 0.435. The number of para-hydroxylation sites is 1. The summed E-state index contributed by atoms with van der Waals surface area (Å²) in [6.07, 6.45) is -0.178. The van der Waals surface area contributed by atoms with E-state index in [0.717, 1.165) is 12.1 Å². The number of alkyl halides is 2. The van der Waals surface area contributed by atoms with Crippen LogP contribution in [0.2, 0.25) is 0 Å². The van der Waals surface area contributed by atoms with E-state index < -0.39 is 35.6 Å². The van der Waals surface area contributed by atoms with Crippen molar-refractivity contribution in [3.8, 4) is 0 Å². The van der Waals surface area contributed by atoms with E-state index in [9.17, 15) is 18.0 Å². The van der Waals surface area contributed by atoms with Gasteiger partial charge < -0.3 is 14.3 Å². The first kappa shape index (κ1) is 17.9. The van der Waals surface area contributed by atoms with Crippen LogP contribution in [0.1, 0.15) is 45.1 Å². The molecule has 0 saturated carbocycles. The van der Waals surface area contributed by atoms with Crippen molar-refractivity contribution in [2.75, 3.05) is 6.54 Å². The Kier molecular flexibility index (Phi) is 4.12. The van der Waals surface area contributed by atoms with Crippen molar-refractivity contribution in [2.45, 2.75) is 18.9 Å². The molecule has 0 spiro atoms. The maximum Gasteiger partial charge on any atom is 0.292 e. The summed E-state index contributed by atoms with van der Waals surface area (Å²) in [7, 11) is 0. The van der Waals surface area contributed by atoms with Gasteiger partial charge in [-0.3, -0.25) is 4.79 Å². The van der Waals surface area contributed by atoms with Crippen molar-refractivity contribution in [1.29, 1.82) is 0 Å². The number of benzene rings is 1. The summed E-state index contributed by atoms with van der Waals surface area (Å²) in [5.41, 5.74) is 0.833. The van der Waals surface area contributed by atoms with E-state index in [4.69, 9.17) is 4.42 Å². The van der Waals surface area contributed by atoms with Crippen LogP contribution in [0.3, 0.4) is 0 Å². The highest BCUT2D eigenvalue weighted by Gasteiger charge is 2.39. The third-order valence-corrected chi connectivity index (χ3v) is 5.88. The summed E-state index contributed by atoms with van der Waals surface area (Å²) < 4.78 is 46.2. The number of hydrogen-bond acceptors (Lipinski definition) is 6. The second-order valence-corrected chi connectivity index (χ2v) is 7.49. The Hall–Kier alpha value is -3.21. The highest BCUT2D eigenvalue weighted by atomic mass is 32.1. The Labute approximate surface area is 165 Å². The van der Waals surface area contributed by atoms with Gasteiger partial charge in [-0.1, -0.05) is 6.07 Å². The number of H-pyrrole nitrogens is 1. The average Bonchev–Trinajstić information content (AvgIpc) is 3.44. The van der Waals surface area contributed by atoms with Crippen LogP contribution in [-0.2, 0) is 6.42 Å². The Bertz CT molecular complexity index is 1220. The highest BCUT2D eigenvalue weighted by molar-refractivity contribution is 7.18. The second-order valence-electron chi connectivity index (χ2n) is 6.42. The molecule has 148 valence electrons. The van der Waals surface area contributed by atoms with Crippen molar-refractivity contribution < 1.29 is 22.4 Å². The SMILES string of the molecule is O=C(c1ocnc1C(F)F)N1CCc2[nH]cnc2[C@H]1c1nc2c(F)cccc2s1. The quantitative estimate of drug-likeness (QED) is 0.545. The zero-order chi connectivity index (χ0) is 20.1. The van der Waals surface area contributed by atoms with Crippen LogP contribution in [0.4, 0.5) is 13.2 Å². The van der Waals surface area contributed by atoms with E-state index in [-0.39, 0.29) is 12.1 Å². The molecule has 1 aliphatic heterocycles. The normalized spacial score (nSPS) is 16.6. The van der Waals surface area contributed by atoms with Crippen LogP contribution >= 0.6 is 11.3 Å². The van der Waals surface area contributed by atoms with Crippen LogP contribution in [-0.4, -0.2) is 37.3 Å². The fraction of sp³-hybridized carbons (Fsp3) is 0.222. The summed E-state index contributed by atoms with van der Waals surface area (Å²) in [4.78, 5) is 29.7. The van der Waals surface area contributed by atoms with E-state index in [1.54, 1.807) is 12.1 Å². The van der Waals surface area contributed by atoms with Gasteiger partial charge in [0, 0.05) is 18.7 Å². The van der Waals surface area contributed by atoms with Crippen molar-refractivity contribution in [3.63, 3.8) is 0 Å². The van der Waals surface area contributed by atoms with Crippen LogP contribution < -0.4 is 0 Å². The predicted molar refractivity (Wildman–Crippen MR) is 96.2 cm³/mol. The molecular formula is C18H12F3N5O2S. The number of imidazole rings is 1. The van der Waals surface area contributed by atoms with Gasteiger partial charge in [0.2, 0.25) is 5.76 Å². The average molecular weight is 419 g/mol. The summed E-state index contributed by atoms with van der Waals surface area (Å²) in [5.74, 6) is -1.73. The highest BCUT2D eigenvalue weighted by Crippen LogP contribution is 2.39. The van der Waals surface area contributed by atoms with Crippen molar-refractivity contribution in [3.05, 3.63) is 64.6 Å². The Morgan fingerprint density at radius 1 is 1.34 bits per heavy atom. The fourth-order valence-electron chi connectivity index (χ4n) is 3.50. The number of aromatic amines is 1. The van der Waals surface area contributed by atoms with Gasteiger partial charge in [0.05, 0.1) is 16.7 Å². The van der Waals surface area contributed by atoms with E-state index >= 15 is 0 Å². The van der Waals surface area contributed by atoms with E-state index in [0.29, 0.717) is 21.8 Å². The van der Waals surface area contributed by atoms with E-state index in [1.807, 2.05) is 0 Å². The molecule has 3 aromatic heterocycles. The van der Waals surface area contributed by atoms with Crippen molar-refractivity contribution >= 4 is 27.5 Å². The molecule has 5 rings (SSSR count). The van der Waals surface area contributed by atoms with E-state index in [2.05, 4.69) is 19.9 Å². The molecule has 0 fully saturated rings. The molecule has 11 heteroatoms. The van der Waals surface area contributed by atoms with Crippen LogP contribution in [0, 0.1) is 5.82 Å². The lowest BCUT2D eigenvalue weighted by Crippen LogP contribution is -2.41. The first-order chi connectivity index (χ1) is 14.0. The minimum Gasteiger partial charge on any atom is -0.438 e. The van der Waals surface area contributed by atoms with Gasteiger partial charge in [0.1, 0.15) is 22.4 Å². The number of rotatable bonds is 3. The number of carbonyl (C=O) groups is 1. The van der Waals surface area contributed by atoms with Crippen molar-refractivity contribution in [1.82, 2.24) is 24.8 Å². The number of halogens is 3. The molecule has 0 saturated heterocycles. The van der Waals surface area contributed by atoms with Gasteiger partial charge in [0.15, 0.2) is 12.1 Å². The molecule has 0 bridgehead atoms. The Balaban J connectivity index is 1.63. The van der Waals surface area contributed by atoms with Crippen molar-refractivity contribution in [2.24, 2.45) is 0 Å². The summed E-state index contributed by atoms with van der Waals surface area (Å²) >= 11 is 1.22. The third-order valence-electron chi connectivity index (χ3n) is 4.80. The molecule has 1 aliphatic rings.